The van der Waals surface area contributed by atoms with Crippen LogP contribution in [0.2, 0.25) is 5.02 Å². The minimum absolute atomic E-state index is 0.102. The van der Waals surface area contributed by atoms with Crippen LogP contribution in [0.15, 0.2) is 60.7 Å². The number of halogens is 1. The van der Waals surface area contributed by atoms with E-state index in [4.69, 9.17) is 16.3 Å². The van der Waals surface area contributed by atoms with Crippen LogP contribution in [0.25, 0.3) is 16.7 Å². The molecule has 0 aliphatic carbocycles. The van der Waals surface area contributed by atoms with Crippen molar-refractivity contribution in [3.8, 4) is 11.4 Å². The number of anilines is 1. The monoisotopic (exact) mass is 406 g/mol. The van der Waals surface area contributed by atoms with Crippen molar-refractivity contribution in [2.75, 3.05) is 11.9 Å². The maximum atomic E-state index is 12.3. The third-order valence-corrected chi connectivity index (χ3v) is 5.03. The lowest BCUT2D eigenvalue weighted by Gasteiger charge is -2.10. The molecule has 3 aromatic carbocycles. The highest BCUT2D eigenvalue weighted by atomic mass is 35.5. The maximum Gasteiger partial charge on any atom is 0.262 e. The third kappa shape index (κ3) is 4.22. The number of ether oxygens (including phenoxy) is 1. The maximum absolute atomic E-state index is 12.3. The Balaban J connectivity index is 1.44. The smallest absolute Gasteiger partial charge is 0.262 e. The Labute approximate surface area is 173 Å². The molecule has 0 atom stereocenters. The summed E-state index contributed by atoms with van der Waals surface area (Å²) in [5, 5.41) is 12.5. The van der Waals surface area contributed by atoms with Crippen molar-refractivity contribution in [1.82, 2.24) is 15.0 Å². The van der Waals surface area contributed by atoms with Crippen LogP contribution in [-0.4, -0.2) is 27.5 Å². The first-order valence-electron chi connectivity index (χ1n) is 9.11. The molecule has 0 aliphatic rings. The average Bonchev–Trinajstić information content (AvgIpc) is 3.14. The first kappa shape index (κ1) is 19.0. The summed E-state index contributed by atoms with van der Waals surface area (Å²) in [6, 6.07) is 18.7. The van der Waals surface area contributed by atoms with E-state index in [1.54, 1.807) is 16.9 Å². The van der Waals surface area contributed by atoms with Crippen LogP contribution >= 0.6 is 11.6 Å². The summed E-state index contributed by atoms with van der Waals surface area (Å²) < 4.78 is 5.60. The summed E-state index contributed by atoms with van der Waals surface area (Å²) in [6.07, 6.45) is 0. The fraction of sp³-hybridized carbons (Fsp3) is 0.136. The van der Waals surface area contributed by atoms with E-state index >= 15 is 0 Å². The van der Waals surface area contributed by atoms with Gasteiger partial charge in [-0.05, 0) is 67.4 Å². The van der Waals surface area contributed by atoms with Crippen LogP contribution in [0.1, 0.15) is 11.1 Å². The topological polar surface area (TPSA) is 69.0 Å². The highest BCUT2D eigenvalue weighted by Gasteiger charge is 2.09. The van der Waals surface area contributed by atoms with E-state index in [-0.39, 0.29) is 12.5 Å². The minimum Gasteiger partial charge on any atom is -0.484 e. The van der Waals surface area contributed by atoms with E-state index in [2.05, 4.69) is 15.5 Å². The molecule has 0 saturated heterocycles. The number of hydrogen-bond acceptors (Lipinski definition) is 4. The number of benzene rings is 3. The zero-order chi connectivity index (χ0) is 20.4. The minimum atomic E-state index is -0.259. The molecular weight excluding hydrogens is 388 g/mol. The summed E-state index contributed by atoms with van der Waals surface area (Å²) in [5.74, 6) is 0.353. The molecule has 0 unspecified atom stereocenters. The van der Waals surface area contributed by atoms with Gasteiger partial charge in [0.25, 0.3) is 5.91 Å². The Morgan fingerprint density at radius 2 is 1.69 bits per heavy atom. The molecule has 7 heteroatoms. The molecule has 0 spiro atoms. The van der Waals surface area contributed by atoms with Crippen LogP contribution in [0.5, 0.6) is 5.75 Å². The SMILES string of the molecule is Cc1cc(OCC(=O)Nc2ccc3nn(-c4ccccc4)nc3c2)cc(C)c1Cl. The van der Waals surface area contributed by atoms with Gasteiger partial charge in [0, 0.05) is 10.7 Å². The van der Waals surface area contributed by atoms with Crippen molar-refractivity contribution < 1.29 is 9.53 Å². The van der Waals surface area contributed by atoms with Gasteiger partial charge in [-0.25, -0.2) is 0 Å². The highest BCUT2D eigenvalue weighted by Crippen LogP contribution is 2.26. The molecule has 1 heterocycles. The molecule has 1 N–H and O–H groups in total. The summed E-state index contributed by atoms with van der Waals surface area (Å²) in [6.45, 7) is 3.70. The van der Waals surface area contributed by atoms with Gasteiger partial charge in [0.1, 0.15) is 16.8 Å². The lowest BCUT2D eigenvalue weighted by atomic mass is 10.1. The summed E-state index contributed by atoms with van der Waals surface area (Å²) in [7, 11) is 0. The normalized spacial score (nSPS) is 10.9. The Morgan fingerprint density at radius 1 is 1.00 bits per heavy atom. The fourth-order valence-electron chi connectivity index (χ4n) is 3.00. The summed E-state index contributed by atoms with van der Waals surface area (Å²) in [5.41, 5.74) is 4.76. The number of amides is 1. The Hall–Kier alpha value is -3.38. The van der Waals surface area contributed by atoms with Gasteiger partial charge in [0.15, 0.2) is 6.61 Å². The first-order valence-corrected chi connectivity index (χ1v) is 9.49. The third-order valence-electron chi connectivity index (χ3n) is 4.43. The highest BCUT2D eigenvalue weighted by molar-refractivity contribution is 6.32. The number of carbonyl (C=O) groups excluding carboxylic acids is 1. The molecule has 146 valence electrons. The van der Waals surface area contributed by atoms with Crippen molar-refractivity contribution in [2.45, 2.75) is 13.8 Å². The van der Waals surface area contributed by atoms with Crippen LogP contribution < -0.4 is 10.1 Å². The number of aryl methyl sites for hydroxylation is 2. The molecule has 4 rings (SSSR count). The number of fused-ring (bicyclic) bond motifs is 1. The lowest BCUT2D eigenvalue weighted by Crippen LogP contribution is -2.20. The number of hydrogen-bond donors (Lipinski definition) is 1. The van der Waals surface area contributed by atoms with Gasteiger partial charge >= 0.3 is 0 Å². The van der Waals surface area contributed by atoms with Gasteiger partial charge in [-0.3, -0.25) is 4.79 Å². The van der Waals surface area contributed by atoms with E-state index in [0.717, 1.165) is 22.3 Å². The Kier molecular flexibility index (Phi) is 5.18. The van der Waals surface area contributed by atoms with Crippen LogP contribution in [0, 0.1) is 13.8 Å². The van der Waals surface area contributed by atoms with Crippen molar-refractivity contribution in [1.29, 1.82) is 0 Å². The predicted molar refractivity (Wildman–Crippen MR) is 114 cm³/mol. The molecular formula is C22H19ClN4O2. The Morgan fingerprint density at radius 3 is 2.41 bits per heavy atom. The second kappa shape index (κ2) is 7.93. The van der Waals surface area contributed by atoms with E-state index in [0.29, 0.717) is 22.0 Å². The number of nitrogens with zero attached hydrogens (tertiary/aromatic N) is 3. The number of para-hydroxylation sites is 1. The van der Waals surface area contributed by atoms with E-state index in [9.17, 15) is 4.79 Å². The van der Waals surface area contributed by atoms with Crippen molar-refractivity contribution in [2.24, 2.45) is 0 Å². The molecule has 0 radical (unpaired) electrons. The van der Waals surface area contributed by atoms with Gasteiger partial charge < -0.3 is 10.1 Å². The molecule has 1 aromatic heterocycles. The summed E-state index contributed by atoms with van der Waals surface area (Å²) >= 11 is 6.16. The van der Waals surface area contributed by atoms with Crippen molar-refractivity contribution in [3.05, 3.63) is 76.8 Å². The molecule has 29 heavy (non-hydrogen) atoms. The van der Waals surface area contributed by atoms with Crippen LogP contribution in [-0.2, 0) is 4.79 Å². The summed E-state index contributed by atoms with van der Waals surface area (Å²) in [4.78, 5) is 13.9. The van der Waals surface area contributed by atoms with E-state index in [1.807, 2.05) is 62.4 Å². The molecule has 0 saturated carbocycles. The van der Waals surface area contributed by atoms with Gasteiger partial charge in [-0.15, -0.1) is 10.2 Å². The number of aromatic nitrogens is 3. The Bertz CT molecular complexity index is 1170. The first-order chi connectivity index (χ1) is 14.0. The zero-order valence-corrected chi connectivity index (χ0v) is 16.8. The zero-order valence-electron chi connectivity index (χ0n) is 16.0. The fourth-order valence-corrected chi connectivity index (χ4v) is 3.11. The van der Waals surface area contributed by atoms with Crippen LogP contribution in [0.3, 0.4) is 0 Å². The van der Waals surface area contributed by atoms with Gasteiger partial charge in [0.05, 0.1) is 5.69 Å². The molecule has 0 fully saturated rings. The molecule has 1 amide bonds. The number of rotatable bonds is 5. The molecule has 0 aliphatic heterocycles. The van der Waals surface area contributed by atoms with Gasteiger partial charge in [-0.2, -0.15) is 4.80 Å². The number of nitrogens with one attached hydrogen (secondary N) is 1. The van der Waals surface area contributed by atoms with E-state index < -0.39 is 0 Å². The average molecular weight is 407 g/mol. The van der Waals surface area contributed by atoms with Crippen LogP contribution in [0.4, 0.5) is 5.69 Å². The standard InChI is InChI=1S/C22H19ClN4O2/c1-14-10-18(11-15(2)22(14)23)29-13-21(28)24-16-8-9-19-20(12-16)26-27(25-19)17-6-4-3-5-7-17/h3-12H,13H2,1-2H3,(H,24,28). The van der Waals surface area contributed by atoms with Crippen molar-refractivity contribution in [3.63, 3.8) is 0 Å². The quantitative estimate of drug-likeness (QED) is 0.521. The van der Waals surface area contributed by atoms with Gasteiger partial charge in [-0.1, -0.05) is 29.8 Å². The molecule has 4 aromatic rings. The largest absolute Gasteiger partial charge is 0.484 e. The molecule has 6 nitrogen and oxygen atoms in total. The van der Waals surface area contributed by atoms with Gasteiger partial charge in [0.2, 0.25) is 0 Å². The van der Waals surface area contributed by atoms with Crippen molar-refractivity contribution >= 4 is 34.2 Å². The number of carbonyl (C=O) groups is 1. The molecule has 0 bridgehead atoms. The van der Waals surface area contributed by atoms with E-state index in [1.165, 1.54) is 0 Å². The second-order valence-electron chi connectivity index (χ2n) is 6.74. The lowest BCUT2D eigenvalue weighted by molar-refractivity contribution is -0.118. The second-order valence-corrected chi connectivity index (χ2v) is 7.11. The predicted octanol–water partition coefficient (Wildman–Crippen LogP) is 4.71.